The van der Waals surface area contributed by atoms with Crippen molar-refractivity contribution in [2.24, 2.45) is 5.10 Å². The molecule has 28 heavy (non-hydrogen) atoms. The molecular formula is C22H23ClN4O. The van der Waals surface area contributed by atoms with Crippen LogP contribution in [0.3, 0.4) is 0 Å². The second kappa shape index (κ2) is 8.76. The molecule has 6 heteroatoms. The molecule has 2 N–H and O–H groups in total. The Hall–Kier alpha value is -3.05. The molecule has 3 aromatic rings. The van der Waals surface area contributed by atoms with E-state index in [-0.39, 0.29) is 12.5 Å². The van der Waals surface area contributed by atoms with E-state index in [0.717, 1.165) is 28.3 Å². The van der Waals surface area contributed by atoms with Gasteiger partial charge in [-0.15, -0.1) is 0 Å². The fourth-order valence-electron chi connectivity index (χ4n) is 2.97. The van der Waals surface area contributed by atoms with Crippen molar-refractivity contribution in [2.45, 2.75) is 20.8 Å². The van der Waals surface area contributed by atoms with Gasteiger partial charge in [-0.1, -0.05) is 29.3 Å². The first-order valence-corrected chi connectivity index (χ1v) is 9.39. The van der Waals surface area contributed by atoms with Crippen molar-refractivity contribution < 1.29 is 4.79 Å². The van der Waals surface area contributed by atoms with E-state index in [2.05, 4.69) is 64.6 Å². The van der Waals surface area contributed by atoms with Gasteiger partial charge < -0.3 is 9.88 Å². The number of hydrogen-bond donors (Lipinski definition) is 2. The molecule has 0 atom stereocenters. The van der Waals surface area contributed by atoms with Crippen LogP contribution in [-0.4, -0.2) is 23.2 Å². The fraction of sp³-hybridized carbons (Fsp3) is 0.182. The highest BCUT2D eigenvalue weighted by Gasteiger charge is 2.09. The van der Waals surface area contributed by atoms with Gasteiger partial charge in [-0.3, -0.25) is 4.79 Å². The van der Waals surface area contributed by atoms with Crippen LogP contribution in [0.1, 0.15) is 22.5 Å². The number of amides is 1. The number of nitrogens with one attached hydrogen (secondary N) is 2. The summed E-state index contributed by atoms with van der Waals surface area (Å²) in [5, 5.41) is 7.77. The van der Waals surface area contributed by atoms with Crippen LogP contribution in [0.25, 0.3) is 5.69 Å². The van der Waals surface area contributed by atoms with Gasteiger partial charge in [-0.25, -0.2) is 5.43 Å². The summed E-state index contributed by atoms with van der Waals surface area (Å²) in [5.74, 6) is -0.224. The second-order valence-corrected chi connectivity index (χ2v) is 7.09. The molecule has 0 radical (unpaired) electrons. The topological polar surface area (TPSA) is 58.4 Å². The predicted molar refractivity (Wildman–Crippen MR) is 116 cm³/mol. The molecule has 0 aliphatic rings. The summed E-state index contributed by atoms with van der Waals surface area (Å²) in [7, 11) is 0. The van der Waals surface area contributed by atoms with Gasteiger partial charge in [0.2, 0.25) is 0 Å². The first-order valence-electron chi connectivity index (χ1n) is 9.01. The molecule has 0 saturated carbocycles. The third-order valence-electron chi connectivity index (χ3n) is 4.45. The molecule has 1 heterocycles. The zero-order valence-electron chi connectivity index (χ0n) is 16.2. The lowest BCUT2D eigenvalue weighted by atomic mass is 10.2. The van der Waals surface area contributed by atoms with Crippen LogP contribution in [0, 0.1) is 20.8 Å². The van der Waals surface area contributed by atoms with Crippen molar-refractivity contribution in [1.29, 1.82) is 0 Å². The van der Waals surface area contributed by atoms with Crippen molar-refractivity contribution in [1.82, 2.24) is 9.99 Å². The van der Waals surface area contributed by atoms with Gasteiger partial charge >= 0.3 is 0 Å². The number of nitrogens with zero attached hydrogens (tertiary/aromatic N) is 2. The van der Waals surface area contributed by atoms with E-state index < -0.39 is 0 Å². The van der Waals surface area contributed by atoms with Crippen molar-refractivity contribution in [3.8, 4) is 5.69 Å². The maximum atomic E-state index is 12.0. The Kier molecular flexibility index (Phi) is 6.16. The van der Waals surface area contributed by atoms with Gasteiger partial charge in [-0.05, 0) is 63.2 Å². The second-order valence-electron chi connectivity index (χ2n) is 6.65. The molecule has 0 saturated heterocycles. The molecule has 0 unspecified atom stereocenters. The largest absolute Gasteiger partial charge is 0.376 e. The van der Waals surface area contributed by atoms with Gasteiger partial charge in [0.25, 0.3) is 5.91 Å². The zero-order chi connectivity index (χ0) is 20.1. The number of aryl methyl sites for hydroxylation is 2. The molecule has 1 aromatic heterocycles. The number of hydrogen-bond acceptors (Lipinski definition) is 3. The molecule has 5 nitrogen and oxygen atoms in total. The first-order chi connectivity index (χ1) is 13.4. The Labute approximate surface area is 170 Å². The molecule has 0 aliphatic carbocycles. The monoisotopic (exact) mass is 394 g/mol. The Morgan fingerprint density at radius 2 is 1.75 bits per heavy atom. The normalized spacial score (nSPS) is 11.0. The third kappa shape index (κ3) is 4.81. The maximum absolute atomic E-state index is 12.0. The van der Waals surface area contributed by atoms with Crippen molar-refractivity contribution in [3.63, 3.8) is 0 Å². The van der Waals surface area contributed by atoms with Crippen molar-refractivity contribution in [3.05, 3.63) is 82.1 Å². The molecule has 0 spiro atoms. The van der Waals surface area contributed by atoms with Gasteiger partial charge in [0, 0.05) is 33.3 Å². The average molecular weight is 395 g/mol. The lowest BCUT2D eigenvalue weighted by Gasteiger charge is -2.09. The quantitative estimate of drug-likeness (QED) is 0.473. The lowest BCUT2D eigenvalue weighted by Crippen LogP contribution is -2.25. The number of anilines is 1. The van der Waals surface area contributed by atoms with Gasteiger partial charge in [0.05, 0.1) is 12.8 Å². The molecular weight excluding hydrogens is 372 g/mol. The van der Waals surface area contributed by atoms with E-state index in [1.54, 1.807) is 18.3 Å². The summed E-state index contributed by atoms with van der Waals surface area (Å²) in [6.07, 6.45) is 1.67. The van der Waals surface area contributed by atoms with E-state index in [4.69, 9.17) is 11.6 Å². The summed E-state index contributed by atoms with van der Waals surface area (Å²) in [5.41, 5.74) is 8.85. The van der Waals surface area contributed by atoms with E-state index in [1.807, 2.05) is 19.1 Å². The number of carbonyl (C=O) groups excluding carboxylic acids is 1. The molecule has 0 bridgehead atoms. The van der Waals surface area contributed by atoms with Crippen LogP contribution < -0.4 is 10.7 Å². The lowest BCUT2D eigenvalue weighted by molar-refractivity contribution is -0.119. The summed E-state index contributed by atoms with van der Waals surface area (Å²) in [6.45, 7) is 6.29. The Balaban J connectivity index is 1.61. The number of rotatable bonds is 6. The first kappa shape index (κ1) is 19.7. The number of carbonyl (C=O) groups is 1. The minimum atomic E-state index is -0.224. The SMILES string of the molecule is Cc1ccc(-n2c(C)cc(/C=N\NC(=O)CNc3ccc(Cl)cc3)c2C)cc1. The van der Waals surface area contributed by atoms with Crippen molar-refractivity contribution >= 4 is 29.4 Å². The van der Waals surface area contributed by atoms with Crippen LogP contribution in [0.15, 0.2) is 59.7 Å². The highest BCUT2D eigenvalue weighted by atomic mass is 35.5. The molecule has 2 aromatic carbocycles. The molecule has 1 amide bonds. The van der Waals surface area contributed by atoms with Crippen LogP contribution in [0.5, 0.6) is 0 Å². The average Bonchev–Trinajstić information content (AvgIpc) is 2.96. The molecule has 3 rings (SSSR count). The Bertz CT molecular complexity index is 989. The van der Waals surface area contributed by atoms with Crippen molar-refractivity contribution in [2.75, 3.05) is 11.9 Å². The van der Waals surface area contributed by atoms with E-state index in [1.165, 1.54) is 5.56 Å². The third-order valence-corrected chi connectivity index (χ3v) is 4.70. The van der Waals surface area contributed by atoms with Crippen LogP contribution in [0.2, 0.25) is 5.02 Å². The fourth-order valence-corrected chi connectivity index (χ4v) is 3.10. The highest BCUT2D eigenvalue weighted by Crippen LogP contribution is 2.20. The van der Waals surface area contributed by atoms with Crippen LogP contribution in [-0.2, 0) is 4.79 Å². The summed E-state index contributed by atoms with van der Waals surface area (Å²) < 4.78 is 2.17. The minimum absolute atomic E-state index is 0.126. The summed E-state index contributed by atoms with van der Waals surface area (Å²) in [4.78, 5) is 12.0. The van der Waals surface area contributed by atoms with E-state index in [0.29, 0.717) is 5.02 Å². The Morgan fingerprint density at radius 1 is 1.07 bits per heavy atom. The summed E-state index contributed by atoms with van der Waals surface area (Å²) >= 11 is 5.84. The van der Waals surface area contributed by atoms with E-state index in [9.17, 15) is 4.79 Å². The smallest absolute Gasteiger partial charge is 0.259 e. The number of benzene rings is 2. The van der Waals surface area contributed by atoms with Gasteiger partial charge in [-0.2, -0.15) is 5.10 Å². The highest BCUT2D eigenvalue weighted by molar-refractivity contribution is 6.30. The number of halogens is 1. The predicted octanol–water partition coefficient (Wildman–Crippen LogP) is 4.62. The number of aromatic nitrogens is 1. The Morgan fingerprint density at radius 3 is 2.43 bits per heavy atom. The number of hydrazone groups is 1. The van der Waals surface area contributed by atoms with E-state index >= 15 is 0 Å². The minimum Gasteiger partial charge on any atom is -0.376 e. The van der Waals surface area contributed by atoms with Crippen LogP contribution >= 0.6 is 11.6 Å². The van der Waals surface area contributed by atoms with Crippen LogP contribution in [0.4, 0.5) is 5.69 Å². The molecule has 0 aliphatic heterocycles. The maximum Gasteiger partial charge on any atom is 0.259 e. The zero-order valence-corrected chi connectivity index (χ0v) is 16.9. The van der Waals surface area contributed by atoms with Gasteiger partial charge in [0.15, 0.2) is 0 Å². The standard InChI is InChI=1S/C22H23ClN4O/c1-15-4-10-21(11-5-15)27-16(2)12-18(17(27)3)13-25-26-22(28)14-24-20-8-6-19(23)7-9-20/h4-13,24H,14H2,1-3H3,(H,26,28)/b25-13-. The molecule has 0 fully saturated rings. The van der Waals surface area contributed by atoms with Gasteiger partial charge in [0.1, 0.15) is 0 Å². The summed E-state index contributed by atoms with van der Waals surface area (Å²) in [6, 6.07) is 17.6. The molecule has 144 valence electrons.